The summed E-state index contributed by atoms with van der Waals surface area (Å²) >= 11 is 13.4. The van der Waals surface area contributed by atoms with Crippen LogP contribution in [0.15, 0.2) is 41.3 Å². The molecule has 2 aromatic carbocycles. The summed E-state index contributed by atoms with van der Waals surface area (Å²) in [5.74, 6) is 6.00. The lowest BCUT2D eigenvalue weighted by Crippen LogP contribution is -2.37. The summed E-state index contributed by atoms with van der Waals surface area (Å²) in [5, 5.41) is 4.03. The molecule has 2 bridgehead atoms. The van der Waals surface area contributed by atoms with Crippen molar-refractivity contribution >= 4 is 51.4 Å². The van der Waals surface area contributed by atoms with E-state index in [1.807, 2.05) is 25.1 Å². The van der Waals surface area contributed by atoms with E-state index in [0.717, 1.165) is 12.1 Å². The third-order valence-electron chi connectivity index (χ3n) is 8.43. The predicted octanol–water partition coefficient (Wildman–Crippen LogP) is 6.02. The number of pyridine rings is 2. The number of halogens is 2. The van der Waals surface area contributed by atoms with Gasteiger partial charge in [-0.1, -0.05) is 29.1 Å². The van der Waals surface area contributed by atoms with Crippen molar-refractivity contribution in [3.05, 3.63) is 56.9 Å². The van der Waals surface area contributed by atoms with E-state index < -0.39 is 5.91 Å². The number of aryl methyl sites for hydroxylation is 1. The van der Waals surface area contributed by atoms with Crippen LogP contribution in [0.25, 0.3) is 33.3 Å². The van der Waals surface area contributed by atoms with Gasteiger partial charge in [0.25, 0.3) is 11.5 Å². The standard InChI is InChI=1S/C34H32Cl2N4O6/c1-6-8-30(41)38-24-11-21(27(43-3)13-26(24)40-16-20-10-19(40)17-46-20)23-12-25-18(15-37-23)9-22(34(42)39(25)7-2)31-32(35)28(44-4)14-29(45-5)33(31)36/h9,11-15,19-20H,7,10,16-17H2,1-5H3,(H,38,41)/t19-,20-/m0/s1. The average molecular weight is 664 g/mol. The number of nitrogens with one attached hydrogen (secondary N) is 1. The van der Waals surface area contributed by atoms with E-state index in [4.69, 9.17) is 47.1 Å². The Labute approximate surface area is 276 Å². The first-order chi connectivity index (χ1) is 22.2. The maximum absolute atomic E-state index is 14.0. The quantitative estimate of drug-likeness (QED) is 0.228. The van der Waals surface area contributed by atoms with Crippen LogP contribution >= 0.6 is 23.2 Å². The van der Waals surface area contributed by atoms with Gasteiger partial charge in [0.05, 0.1) is 78.3 Å². The molecule has 2 aliphatic rings. The topological polar surface area (TPSA) is 104 Å². The number of fused-ring (bicyclic) bond motifs is 3. The number of anilines is 2. The van der Waals surface area contributed by atoms with Gasteiger partial charge >= 0.3 is 0 Å². The molecule has 0 saturated carbocycles. The number of aromatic nitrogens is 2. The van der Waals surface area contributed by atoms with E-state index >= 15 is 0 Å². The van der Waals surface area contributed by atoms with Gasteiger partial charge in [-0.05, 0) is 44.4 Å². The summed E-state index contributed by atoms with van der Waals surface area (Å²) in [6.07, 6.45) is 2.76. The van der Waals surface area contributed by atoms with Gasteiger partial charge in [-0.25, -0.2) is 0 Å². The molecule has 2 saturated heterocycles. The van der Waals surface area contributed by atoms with E-state index in [9.17, 15) is 9.59 Å². The van der Waals surface area contributed by atoms with Crippen molar-refractivity contribution < 1.29 is 23.7 Å². The van der Waals surface area contributed by atoms with E-state index in [0.29, 0.717) is 70.4 Å². The molecule has 238 valence electrons. The van der Waals surface area contributed by atoms with Crippen molar-refractivity contribution in [2.24, 2.45) is 0 Å². The van der Waals surface area contributed by atoms with Crippen LogP contribution in [0, 0.1) is 11.8 Å². The zero-order valence-electron chi connectivity index (χ0n) is 26.0. The third kappa shape index (κ3) is 5.38. The molecular weight excluding hydrogens is 631 g/mol. The van der Waals surface area contributed by atoms with Gasteiger partial charge in [0, 0.05) is 47.9 Å². The molecule has 1 N–H and O–H groups in total. The summed E-state index contributed by atoms with van der Waals surface area (Å²) in [4.78, 5) is 33.7. The molecule has 2 aliphatic heterocycles. The maximum atomic E-state index is 14.0. The van der Waals surface area contributed by atoms with Gasteiger partial charge in [0.15, 0.2) is 0 Å². The number of benzene rings is 2. The fourth-order valence-electron chi connectivity index (χ4n) is 6.27. The summed E-state index contributed by atoms with van der Waals surface area (Å²) in [6.45, 7) is 5.18. The predicted molar refractivity (Wildman–Crippen MR) is 180 cm³/mol. The van der Waals surface area contributed by atoms with Gasteiger partial charge in [0.2, 0.25) is 0 Å². The third-order valence-corrected chi connectivity index (χ3v) is 9.18. The lowest BCUT2D eigenvalue weighted by molar-refractivity contribution is -0.111. The highest BCUT2D eigenvalue weighted by Crippen LogP contribution is 2.46. The zero-order chi connectivity index (χ0) is 32.7. The number of ether oxygens (including phenoxy) is 4. The van der Waals surface area contributed by atoms with Gasteiger partial charge in [-0.2, -0.15) is 0 Å². The minimum atomic E-state index is -0.425. The Kier molecular flexibility index (Phi) is 8.75. The highest BCUT2D eigenvalue weighted by Gasteiger charge is 2.40. The molecule has 0 radical (unpaired) electrons. The van der Waals surface area contributed by atoms with Crippen molar-refractivity contribution in [2.45, 2.75) is 39.0 Å². The molecular formula is C34H32Cl2N4O6. The zero-order valence-corrected chi connectivity index (χ0v) is 27.5. The first-order valence-corrected chi connectivity index (χ1v) is 15.5. The largest absolute Gasteiger partial charge is 0.496 e. The minimum Gasteiger partial charge on any atom is -0.496 e. The van der Waals surface area contributed by atoms with Crippen molar-refractivity contribution in [1.82, 2.24) is 9.55 Å². The summed E-state index contributed by atoms with van der Waals surface area (Å²) in [6, 6.07) is 9.08. The maximum Gasteiger partial charge on any atom is 0.300 e. The Bertz CT molecular complexity index is 1970. The van der Waals surface area contributed by atoms with Gasteiger partial charge in [-0.3, -0.25) is 14.6 Å². The number of carbonyl (C=O) groups is 1. The molecule has 12 heteroatoms. The number of rotatable bonds is 8. The second-order valence-electron chi connectivity index (χ2n) is 10.9. The molecule has 4 aromatic rings. The van der Waals surface area contributed by atoms with Crippen molar-refractivity contribution in [1.29, 1.82) is 0 Å². The fraction of sp³-hybridized carbons (Fsp3) is 0.324. The number of methoxy groups -OCH3 is 3. The van der Waals surface area contributed by atoms with Crippen LogP contribution < -0.4 is 30.0 Å². The van der Waals surface area contributed by atoms with Crippen molar-refractivity contribution in [2.75, 3.05) is 44.7 Å². The molecule has 6 rings (SSSR count). The SMILES string of the molecule is CC#CC(=O)Nc1cc(-c2cc3c(cn2)cc(-c2c(Cl)c(OC)cc(OC)c2Cl)c(=O)n3CC)c(OC)cc1N1C[C@@H]2C[C@H]1CO2. The van der Waals surface area contributed by atoms with Crippen LogP contribution in [0.3, 0.4) is 0 Å². The van der Waals surface area contributed by atoms with Crippen LogP contribution in [0.1, 0.15) is 20.3 Å². The van der Waals surface area contributed by atoms with Crippen LogP contribution in [0.2, 0.25) is 10.0 Å². The molecule has 2 fully saturated rings. The van der Waals surface area contributed by atoms with Crippen LogP contribution in [-0.4, -0.2) is 62.1 Å². The lowest BCUT2D eigenvalue weighted by Gasteiger charge is -2.31. The molecule has 4 heterocycles. The molecule has 46 heavy (non-hydrogen) atoms. The molecule has 10 nitrogen and oxygen atoms in total. The Morgan fingerprint density at radius 3 is 2.35 bits per heavy atom. The summed E-state index contributed by atoms with van der Waals surface area (Å²) in [5.41, 5.74) is 3.52. The van der Waals surface area contributed by atoms with E-state index in [1.165, 1.54) is 14.2 Å². The van der Waals surface area contributed by atoms with Crippen LogP contribution in [-0.2, 0) is 16.1 Å². The van der Waals surface area contributed by atoms with Crippen LogP contribution in [0.4, 0.5) is 11.4 Å². The Hall–Kier alpha value is -4.43. The Morgan fingerprint density at radius 1 is 1.04 bits per heavy atom. The molecule has 0 spiro atoms. The second kappa shape index (κ2) is 12.8. The highest BCUT2D eigenvalue weighted by molar-refractivity contribution is 6.41. The smallest absolute Gasteiger partial charge is 0.300 e. The number of amides is 1. The molecule has 1 amide bonds. The number of carbonyl (C=O) groups excluding carboxylic acids is 1. The number of hydrogen-bond acceptors (Lipinski definition) is 8. The van der Waals surface area contributed by atoms with E-state index in [1.54, 1.807) is 36.9 Å². The number of morpholine rings is 1. The van der Waals surface area contributed by atoms with E-state index in [2.05, 4.69) is 22.1 Å². The van der Waals surface area contributed by atoms with Gasteiger partial charge in [0.1, 0.15) is 17.2 Å². The number of hydrogen-bond donors (Lipinski definition) is 1. The Balaban J connectivity index is 1.52. The molecule has 2 atom stereocenters. The van der Waals surface area contributed by atoms with E-state index in [-0.39, 0.29) is 33.3 Å². The molecule has 0 unspecified atom stereocenters. The fourth-order valence-corrected chi connectivity index (χ4v) is 6.98. The number of nitrogens with zero attached hydrogens (tertiary/aromatic N) is 3. The summed E-state index contributed by atoms with van der Waals surface area (Å²) < 4.78 is 24.2. The minimum absolute atomic E-state index is 0.148. The normalized spacial score (nSPS) is 16.7. The molecule has 2 aromatic heterocycles. The second-order valence-corrected chi connectivity index (χ2v) is 11.7. The monoisotopic (exact) mass is 662 g/mol. The highest BCUT2D eigenvalue weighted by atomic mass is 35.5. The molecule has 0 aliphatic carbocycles. The first-order valence-electron chi connectivity index (χ1n) is 14.7. The van der Waals surface area contributed by atoms with Crippen molar-refractivity contribution in [3.63, 3.8) is 0 Å². The van der Waals surface area contributed by atoms with Gasteiger partial charge < -0.3 is 33.7 Å². The van der Waals surface area contributed by atoms with Crippen LogP contribution in [0.5, 0.6) is 17.2 Å². The van der Waals surface area contributed by atoms with Gasteiger partial charge in [-0.15, -0.1) is 0 Å². The first kappa shape index (κ1) is 31.5. The Morgan fingerprint density at radius 2 is 1.76 bits per heavy atom. The lowest BCUT2D eigenvalue weighted by atomic mass is 10.0. The average Bonchev–Trinajstić information content (AvgIpc) is 3.69. The summed E-state index contributed by atoms with van der Waals surface area (Å²) in [7, 11) is 4.55. The van der Waals surface area contributed by atoms with Crippen molar-refractivity contribution in [3.8, 4) is 51.5 Å².